The third-order valence-electron chi connectivity index (χ3n) is 2.26. The fourth-order valence-electron chi connectivity index (χ4n) is 1.56. The highest BCUT2D eigenvalue weighted by Gasteiger charge is 2.23. The molecule has 0 heterocycles. The van der Waals surface area contributed by atoms with Gasteiger partial charge < -0.3 is 4.74 Å². The van der Waals surface area contributed by atoms with Gasteiger partial charge in [-0.05, 0) is 40.0 Å². The van der Waals surface area contributed by atoms with Gasteiger partial charge in [0.1, 0.15) is 0 Å². The van der Waals surface area contributed by atoms with Crippen molar-refractivity contribution in [3.63, 3.8) is 0 Å². The number of esters is 1. The van der Waals surface area contributed by atoms with E-state index in [4.69, 9.17) is 5.14 Å². The minimum absolute atomic E-state index is 0.0668. The van der Waals surface area contributed by atoms with Crippen molar-refractivity contribution in [2.75, 3.05) is 7.11 Å². The molecule has 0 saturated carbocycles. The molecule has 1 aromatic carbocycles. The molecule has 0 atom stereocenters. The van der Waals surface area contributed by atoms with Crippen molar-refractivity contribution in [3.05, 3.63) is 27.7 Å². The first-order valence-electron chi connectivity index (χ1n) is 4.75. The van der Waals surface area contributed by atoms with Gasteiger partial charge in [-0.2, -0.15) is 0 Å². The minimum atomic E-state index is -3.90. The van der Waals surface area contributed by atoms with Crippen LogP contribution >= 0.6 is 15.9 Å². The van der Waals surface area contributed by atoms with Gasteiger partial charge in [-0.25, -0.2) is 18.4 Å². The van der Waals surface area contributed by atoms with Gasteiger partial charge in [-0.3, -0.25) is 0 Å². The van der Waals surface area contributed by atoms with Crippen molar-refractivity contribution in [2.45, 2.75) is 18.2 Å². The van der Waals surface area contributed by atoms with Gasteiger partial charge in [0.25, 0.3) is 0 Å². The first kappa shape index (κ1) is 14.1. The van der Waals surface area contributed by atoms with Crippen LogP contribution in [0.15, 0.2) is 21.5 Å². The average molecular weight is 322 g/mol. The largest absolute Gasteiger partial charge is 0.465 e. The Labute approximate surface area is 108 Å². The van der Waals surface area contributed by atoms with E-state index in [9.17, 15) is 13.2 Å². The van der Waals surface area contributed by atoms with Crippen LogP contribution in [0.1, 0.15) is 22.8 Å². The van der Waals surface area contributed by atoms with Gasteiger partial charge in [0.15, 0.2) is 0 Å². The minimum Gasteiger partial charge on any atom is -0.465 e. The zero-order valence-corrected chi connectivity index (χ0v) is 11.8. The topological polar surface area (TPSA) is 86.5 Å². The number of benzene rings is 1. The van der Waals surface area contributed by atoms with Crippen molar-refractivity contribution >= 4 is 31.9 Å². The van der Waals surface area contributed by atoms with Crippen LogP contribution < -0.4 is 5.14 Å². The summed E-state index contributed by atoms with van der Waals surface area (Å²) in [7, 11) is -2.66. The number of sulfonamides is 1. The predicted octanol–water partition coefficient (Wildman–Crippen LogP) is 1.45. The molecule has 0 saturated heterocycles. The summed E-state index contributed by atoms with van der Waals surface area (Å²) in [6, 6.07) is 2.97. The number of primary sulfonamides is 1. The molecule has 0 amide bonds. The molecule has 17 heavy (non-hydrogen) atoms. The summed E-state index contributed by atoms with van der Waals surface area (Å²) in [4.78, 5) is 11.4. The van der Waals surface area contributed by atoms with Gasteiger partial charge in [-0.1, -0.05) is 6.92 Å². The predicted molar refractivity (Wildman–Crippen MR) is 66.2 cm³/mol. The van der Waals surface area contributed by atoms with E-state index in [1.54, 1.807) is 6.92 Å². The molecule has 0 spiro atoms. The smallest absolute Gasteiger partial charge is 0.338 e. The Morgan fingerprint density at radius 1 is 1.47 bits per heavy atom. The van der Waals surface area contributed by atoms with Crippen LogP contribution in [-0.4, -0.2) is 21.5 Å². The Morgan fingerprint density at radius 2 is 2.06 bits per heavy atom. The first-order chi connectivity index (χ1) is 7.82. The van der Waals surface area contributed by atoms with Crippen molar-refractivity contribution in [3.8, 4) is 0 Å². The summed E-state index contributed by atoms with van der Waals surface area (Å²) in [6.07, 6.45) is 0.357. The molecule has 7 heteroatoms. The summed E-state index contributed by atoms with van der Waals surface area (Å²) in [5.74, 6) is -0.584. The zero-order valence-electron chi connectivity index (χ0n) is 9.36. The maximum atomic E-state index is 11.5. The second kappa shape index (κ2) is 5.16. The van der Waals surface area contributed by atoms with Gasteiger partial charge in [0.05, 0.1) is 17.6 Å². The first-order valence-corrected chi connectivity index (χ1v) is 7.09. The number of carbonyl (C=O) groups is 1. The molecular formula is C10H12BrNO4S. The summed E-state index contributed by atoms with van der Waals surface area (Å²) < 4.78 is 27.9. The molecule has 0 aliphatic heterocycles. The number of ether oxygens (including phenoxy) is 1. The van der Waals surface area contributed by atoms with Gasteiger partial charge >= 0.3 is 5.97 Å². The fourth-order valence-corrected chi connectivity index (χ4v) is 3.54. The number of nitrogens with two attached hydrogens (primary N) is 1. The Hall–Kier alpha value is -0.920. The van der Waals surface area contributed by atoms with Crippen molar-refractivity contribution < 1.29 is 17.9 Å². The third kappa shape index (κ3) is 2.85. The molecule has 0 aromatic heterocycles. The Balaban J connectivity index is 3.65. The maximum absolute atomic E-state index is 11.5. The average Bonchev–Trinajstić information content (AvgIpc) is 2.25. The number of hydrogen-bond acceptors (Lipinski definition) is 4. The van der Waals surface area contributed by atoms with E-state index in [1.807, 2.05) is 0 Å². The number of halogens is 1. The summed E-state index contributed by atoms with van der Waals surface area (Å²) in [6.45, 7) is 1.74. The van der Waals surface area contributed by atoms with Crippen LogP contribution in [0.4, 0.5) is 0 Å². The Kier molecular flexibility index (Phi) is 4.29. The standard InChI is InChI=1S/C10H12BrNO4S/c1-3-6-7(10(13)16-2)4-5-8(11)9(6)17(12,14)15/h4-5H,3H2,1-2H3,(H2,12,14,15). The van der Waals surface area contributed by atoms with Gasteiger partial charge in [-0.15, -0.1) is 0 Å². The molecule has 0 aliphatic rings. The molecule has 0 fully saturated rings. The Morgan fingerprint density at radius 3 is 2.47 bits per heavy atom. The van der Waals surface area contributed by atoms with Crippen molar-refractivity contribution in [2.24, 2.45) is 5.14 Å². The maximum Gasteiger partial charge on any atom is 0.338 e. The van der Waals surface area contributed by atoms with Crippen LogP contribution in [0.25, 0.3) is 0 Å². The lowest BCUT2D eigenvalue weighted by Crippen LogP contribution is -2.18. The summed E-state index contributed by atoms with van der Waals surface area (Å²) in [5, 5.41) is 5.13. The van der Waals surface area contributed by atoms with Crippen LogP contribution in [0.2, 0.25) is 0 Å². The van der Waals surface area contributed by atoms with Crippen LogP contribution in [0, 0.1) is 0 Å². The van der Waals surface area contributed by atoms with Crippen LogP contribution in [0.3, 0.4) is 0 Å². The monoisotopic (exact) mass is 321 g/mol. The molecule has 5 nitrogen and oxygen atoms in total. The molecule has 94 valence electrons. The van der Waals surface area contributed by atoms with Crippen molar-refractivity contribution in [1.29, 1.82) is 0 Å². The molecule has 1 aromatic rings. The van der Waals surface area contributed by atoms with E-state index in [2.05, 4.69) is 20.7 Å². The molecule has 0 unspecified atom stereocenters. The number of carbonyl (C=O) groups excluding carboxylic acids is 1. The van der Waals surface area contributed by atoms with E-state index < -0.39 is 16.0 Å². The van der Waals surface area contributed by atoms with E-state index in [0.29, 0.717) is 16.5 Å². The van der Waals surface area contributed by atoms with E-state index in [0.717, 1.165) is 0 Å². The molecule has 0 bridgehead atoms. The van der Waals surface area contributed by atoms with Crippen LogP contribution in [-0.2, 0) is 21.2 Å². The summed E-state index contributed by atoms with van der Waals surface area (Å²) >= 11 is 3.12. The van der Waals surface area contributed by atoms with Crippen molar-refractivity contribution in [1.82, 2.24) is 0 Å². The summed E-state index contributed by atoms with van der Waals surface area (Å²) in [5.41, 5.74) is 0.566. The third-order valence-corrected chi connectivity index (χ3v) is 4.21. The SMILES string of the molecule is CCc1c(C(=O)OC)ccc(Br)c1S(N)(=O)=O. The quantitative estimate of drug-likeness (QED) is 0.853. The van der Waals surface area contributed by atoms with Gasteiger partial charge in [0, 0.05) is 4.47 Å². The number of methoxy groups -OCH3 is 1. The van der Waals surface area contributed by atoms with E-state index >= 15 is 0 Å². The van der Waals surface area contributed by atoms with Crippen LogP contribution in [0.5, 0.6) is 0 Å². The van der Waals surface area contributed by atoms with Gasteiger partial charge in [0.2, 0.25) is 10.0 Å². The second-order valence-electron chi connectivity index (χ2n) is 3.29. The molecule has 2 N–H and O–H groups in total. The number of rotatable bonds is 3. The number of hydrogen-bond donors (Lipinski definition) is 1. The lowest BCUT2D eigenvalue weighted by molar-refractivity contribution is 0.0599. The second-order valence-corrected chi connectivity index (χ2v) is 5.65. The Bertz CT molecular complexity index is 554. The molecule has 0 aliphatic carbocycles. The van der Waals surface area contributed by atoms with E-state index in [-0.39, 0.29) is 10.5 Å². The fraction of sp³-hybridized carbons (Fsp3) is 0.300. The normalized spacial score (nSPS) is 11.3. The molecular weight excluding hydrogens is 310 g/mol. The highest BCUT2D eigenvalue weighted by molar-refractivity contribution is 9.10. The lowest BCUT2D eigenvalue weighted by Gasteiger charge is -2.12. The molecule has 1 rings (SSSR count). The molecule has 0 radical (unpaired) electrons. The zero-order chi connectivity index (χ0) is 13.2. The van der Waals surface area contributed by atoms with E-state index in [1.165, 1.54) is 19.2 Å². The highest BCUT2D eigenvalue weighted by atomic mass is 79.9. The highest BCUT2D eigenvalue weighted by Crippen LogP contribution is 2.28. The lowest BCUT2D eigenvalue weighted by atomic mass is 10.1.